The minimum atomic E-state index is 0.510. The summed E-state index contributed by atoms with van der Waals surface area (Å²) in [5, 5.41) is 3.67. The van der Waals surface area contributed by atoms with Gasteiger partial charge >= 0.3 is 0 Å². The maximum absolute atomic E-state index is 6.04. The van der Waals surface area contributed by atoms with Crippen molar-refractivity contribution in [3.05, 3.63) is 29.3 Å². The van der Waals surface area contributed by atoms with Crippen molar-refractivity contribution >= 4 is 0 Å². The first kappa shape index (κ1) is 16.4. The van der Waals surface area contributed by atoms with Gasteiger partial charge in [-0.05, 0) is 42.9 Å². The molecule has 0 aromatic heterocycles. The summed E-state index contributed by atoms with van der Waals surface area (Å²) in [5.74, 6) is 1.57. The fourth-order valence-corrected chi connectivity index (χ4v) is 3.15. The van der Waals surface area contributed by atoms with Crippen molar-refractivity contribution in [1.82, 2.24) is 5.32 Å². The van der Waals surface area contributed by atoms with Gasteiger partial charge in [0.1, 0.15) is 12.4 Å². The van der Waals surface area contributed by atoms with Crippen LogP contribution in [-0.2, 0) is 0 Å². The highest BCUT2D eigenvalue weighted by atomic mass is 16.5. The maximum Gasteiger partial charge on any atom is 0.123 e. The Balaban J connectivity index is 1.78. The summed E-state index contributed by atoms with van der Waals surface area (Å²) in [5.41, 5.74) is 2.58. The number of rotatable bonds is 6. The average Bonchev–Trinajstić information content (AvgIpc) is 2.72. The van der Waals surface area contributed by atoms with E-state index in [-0.39, 0.29) is 0 Å². The standard InChI is InChI=1S/C19H31NO/c1-15(2)18-11-10-16(3)14-19(18)21-13-12-20-17-8-6-4-5-7-9-17/h10-11,14-15,17,20H,4-9,12-13H2,1-3H3. The van der Waals surface area contributed by atoms with E-state index in [0.29, 0.717) is 12.0 Å². The monoisotopic (exact) mass is 289 g/mol. The van der Waals surface area contributed by atoms with E-state index in [1.165, 1.54) is 49.7 Å². The molecule has 0 radical (unpaired) electrons. The minimum absolute atomic E-state index is 0.510. The lowest BCUT2D eigenvalue weighted by Gasteiger charge is -2.18. The van der Waals surface area contributed by atoms with E-state index in [2.05, 4.69) is 44.3 Å². The van der Waals surface area contributed by atoms with Crippen molar-refractivity contribution in [3.8, 4) is 5.75 Å². The van der Waals surface area contributed by atoms with Crippen LogP contribution in [0.1, 0.15) is 69.4 Å². The highest BCUT2D eigenvalue weighted by Crippen LogP contribution is 2.27. The molecule has 1 aromatic carbocycles. The molecule has 0 saturated heterocycles. The quantitative estimate of drug-likeness (QED) is 0.599. The van der Waals surface area contributed by atoms with Crippen molar-refractivity contribution < 1.29 is 4.74 Å². The van der Waals surface area contributed by atoms with E-state index in [9.17, 15) is 0 Å². The molecule has 1 saturated carbocycles. The number of hydrogen-bond acceptors (Lipinski definition) is 2. The molecule has 0 spiro atoms. The van der Waals surface area contributed by atoms with Gasteiger partial charge in [-0.15, -0.1) is 0 Å². The van der Waals surface area contributed by atoms with Crippen LogP contribution in [0.2, 0.25) is 0 Å². The van der Waals surface area contributed by atoms with Gasteiger partial charge in [-0.2, -0.15) is 0 Å². The third-order valence-corrected chi connectivity index (χ3v) is 4.44. The highest BCUT2D eigenvalue weighted by Gasteiger charge is 2.12. The molecule has 1 aliphatic carbocycles. The van der Waals surface area contributed by atoms with Crippen molar-refractivity contribution in [1.29, 1.82) is 0 Å². The Morgan fingerprint density at radius 2 is 1.86 bits per heavy atom. The molecule has 0 aliphatic heterocycles. The average molecular weight is 289 g/mol. The molecule has 118 valence electrons. The number of nitrogens with one attached hydrogen (secondary N) is 1. The minimum Gasteiger partial charge on any atom is -0.492 e. The molecular weight excluding hydrogens is 258 g/mol. The zero-order valence-corrected chi connectivity index (χ0v) is 14.0. The lowest BCUT2D eigenvalue weighted by atomic mass is 10.0. The number of hydrogen-bond donors (Lipinski definition) is 1. The first-order valence-electron chi connectivity index (χ1n) is 8.63. The van der Waals surface area contributed by atoms with Crippen LogP contribution in [0.25, 0.3) is 0 Å². The second kappa shape index (κ2) is 8.43. The second-order valence-electron chi connectivity index (χ2n) is 6.69. The molecule has 0 atom stereocenters. The van der Waals surface area contributed by atoms with Crippen molar-refractivity contribution in [3.63, 3.8) is 0 Å². The molecule has 0 bridgehead atoms. The van der Waals surface area contributed by atoms with Gasteiger partial charge in [-0.25, -0.2) is 0 Å². The molecule has 1 aliphatic rings. The number of ether oxygens (including phenoxy) is 1. The number of aryl methyl sites for hydroxylation is 1. The zero-order valence-electron chi connectivity index (χ0n) is 14.0. The lowest BCUT2D eigenvalue weighted by Crippen LogP contribution is -2.32. The summed E-state index contributed by atoms with van der Waals surface area (Å²) in [6, 6.07) is 7.25. The van der Waals surface area contributed by atoms with Crippen LogP contribution < -0.4 is 10.1 Å². The largest absolute Gasteiger partial charge is 0.492 e. The van der Waals surface area contributed by atoms with Crippen LogP contribution in [0.3, 0.4) is 0 Å². The van der Waals surface area contributed by atoms with E-state index in [0.717, 1.165) is 18.9 Å². The van der Waals surface area contributed by atoms with Crippen LogP contribution in [0.4, 0.5) is 0 Å². The van der Waals surface area contributed by atoms with Crippen LogP contribution in [-0.4, -0.2) is 19.2 Å². The molecule has 0 amide bonds. The molecule has 2 rings (SSSR count). The van der Waals surface area contributed by atoms with Crippen molar-refractivity contribution in [2.75, 3.05) is 13.2 Å². The predicted molar refractivity (Wildman–Crippen MR) is 90.3 cm³/mol. The van der Waals surface area contributed by atoms with Gasteiger partial charge in [0.15, 0.2) is 0 Å². The van der Waals surface area contributed by atoms with Crippen LogP contribution >= 0.6 is 0 Å². The smallest absolute Gasteiger partial charge is 0.123 e. The lowest BCUT2D eigenvalue weighted by molar-refractivity contribution is 0.296. The van der Waals surface area contributed by atoms with E-state index >= 15 is 0 Å². The molecule has 21 heavy (non-hydrogen) atoms. The van der Waals surface area contributed by atoms with Crippen molar-refractivity contribution in [2.24, 2.45) is 0 Å². The normalized spacial score (nSPS) is 17.0. The fourth-order valence-electron chi connectivity index (χ4n) is 3.15. The zero-order chi connectivity index (χ0) is 15.1. The van der Waals surface area contributed by atoms with Crippen LogP contribution in [0, 0.1) is 6.92 Å². The molecule has 1 aromatic rings. The second-order valence-corrected chi connectivity index (χ2v) is 6.69. The Labute approximate surface area is 130 Å². The fraction of sp³-hybridized carbons (Fsp3) is 0.684. The Kier molecular flexibility index (Phi) is 6.56. The van der Waals surface area contributed by atoms with Gasteiger partial charge in [0.05, 0.1) is 0 Å². The van der Waals surface area contributed by atoms with Gasteiger partial charge < -0.3 is 10.1 Å². The Morgan fingerprint density at radius 1 is 1.14 bits per heavy atom. The summed E-state index contributed by atoms with van der Waals surface area (Å²) in [6.45, 7) is 8.29. The maximum atomic E-state index is 6.04. The van der Waals surface area contributed by atoms with Gasteiger partial charge in [0.2, 0.25) is 0 Å². The summed E-state index contributed by atoms with van der Waals surface area (Å²) in [6.07, 6.45) is 8.26. The first-order chi connectivity index (χ1) is 10.2. The summed E-state index contributed by atoms with van der Waals surface area (Å²) >= 11 is 0. The molecule has 0 unspecified atom stereocenters. The number of benzene rings is 1. The molecule has 2 heteroatoms. The van der Waals surface area contributed by atoms with Gasteiger partial charge in [-0.1, -0.05) is 51.7 Å². The SMILES string of the molecule is Cc1ccc(C(C)C)c(OCCNC2CCCCCC2)c1. The summed E-state index contributed by atoms with van der Waals surface area (Å²) in [7, 11) is 0. The molecule has 2 nitrogen and oxygen atoms in total. The van der Waals surface area contributed by atoms with E-state index < -0.39 is 0 Å². The van der Waals surface area contributed by atoms with E-state index in [4.69, 9.17) is 4.74 Å². The topological polar surface area (TPSA) is 21.3 Å². The molecule has 1 fully saturated rings. The Bertz CT molecular complexity index is 420. The third kappa shape index (κ3) is 5.35. The predicted octanol–water partition coefficient (Wildman–Crippen LogP) is 4.81. The Morgan fingerprint density at radius 3 is 2.52 bits per heavy atom. The van der Waals surface area contributed by atoms with Crippen LogP contribution in [0.15, 0.2) is 18.2 Å². The first-order valence-corrected chi connectivity index (χ1v) is 8.63. The van der Waals surface area contributed by atoms with E-state index in [1.54, 1.807) is 0 Å². The van der Waals surface area contributed by atoms with Crippen molar-refractivity contribution in [2.45, 2.75) is 71.3 Å². The molecule has 1 N–H and O–H groups in total. The third-order valence-electron chi connectivity index (χ3n) is 4.44. The molecule has 0 heterocycles. The summed E-state index contributed by atoms with van der Waals surface area (Å²) < 4.78 is 6.04. The summed E-state index contributed by atoms with van der Waals surface area (Å²) in [4.78, 5) is 0. The van der Waals surface area contributed by atoms with Gasteiger partial charge in [0.25, 0.3) is 0 Å². The molecular formula is C19H31NO. The highest BCUT2D eigenvalue weighted by molar-refractivity contribution is 5.39. The van der Waals surface area contributed by atoms with Crippen LogP contribution in [0.5, 0.6) is 5.75 Å². The van der Waals surface area contributed by atoms with E-state index in [1.807, 2.05) is 0 Å². The Hall–Kier alpha value is -1.02. The van der Waals surface area contributed by atoms with Gasteiger partial charge in [0, 0.05) is 12.6 Å². The van der Waals surface area contributed by atoms with Gasteiger partial charge in [-0.3, -0.25) is 0 Å².